The highest BCUT2D eigenvalue weighted by atomic mass is 35.5. The van der Waals surface area contributed by atoms with Crippen molar-refractivity contribution in [3.8, 4) is 18.1 Å². The Hall–Kier alpha value is -1.72. The van der Waals surface area contributed by atoms with Crippen LogP contribution in [0.5, 0.6) is 5.75 Å². The van der Waals surface area contributed by atoms with Crippen molar-refractivity contribution < 1.29 is 4.74 Å². The number of ether oxygens (including phenoxy) is 1. The predicted molar refractivity (Wildman–Crippen MR) is 63.3 cm³/mol. The molecule has 15 heavy (non-hydrogen) atoms. The smallest absolute Gasteiger partial charge is 0.148 e. The summed E-state index contributed by atoms with van der Waals surface area (Å²) in [7, 11) is 0. The molecule has 0 amide bonds. The van der Waals surface area contributed by atoms with Crippen molar-refractivity contribution in [2.45, 2.75) is 0 Å². The lowest BCUT2D eigenvalue weighted by molar-refractivity contribution is 0.374. The molecule has 0 fully saturated rings. The molecule has 0 unspecified atom stereocenters. The van der Waals surface area contributed by atoms with E-state index in [2.05, 4.69) is 10.9 Å². The maximum Gasteiger partial charge on any atom is 0.148 e. The van der Waals surface area contributed by atoms with Gasteiger partial charge in [0.25, 0.3) is 0 Å². The average Bonchev–Trinajstić information content (AvgIpc) is 2.26. The first-order chi connectivity index (χ1) is 6.92. The van der Waals surface area contributed by atoms with Crippen molar-refractivity contribution in [3.63, 3.8) is 0 Å². The number of terminal acetylenes is 1. The van der Waals surface area contributed by atoms with E-state index in [-0.39, 0.29) is 19.0 Å². The van der Waals surface area contributed by atoms with E-state index in [9.17, 15) is 0 Å². The van der Waals surface area contributed by atoms with Crippen LogP contribution in [-0.4, -0.2) is 11.6 Å². The van der Waals surface area contributed by atoms with Crippen LogP contribution < -0.4 is 4.74 Å². The molecule has 1 aromatic carbocycles. The van der Waals surface area contributed by atoms with Crippen molar-refractivity contribution in [1.82, 2.24) is 4.98 Å². The fraction of sp³-hybridized carbons (Fsp3) is 0.0833. The monoisotopic (exact) mass is 219 g/mol. The topological polar surface area (TPSA) is 22.1 Å². The number of para-hydroxylation sites is 1. The van der Waals surface area contributed by atoms with Crippen LogP contribution in [0.15, 0.2) is 36.5 Å². The lowest BCUT2D eigenvalue weighted by atomic mass is 10.2. The molecule has 0 aliphatic heterocycles. The van der Waals surface area contributed by atoms with Crippen molar-refractivity contribution in [3.05, 3.63) is 36.5 Å². The largest absolute Gasteiger partial charge is 0.479 e. The molecule has 0 saturated carbocycles. The Morgan fingerprint density at radius 1 is 1.27 bits per heavy atom. The predicted octanol–water partition coefficient (Wildman–Crippen LogP) is 2.67. The van der Waals surface area contributed by atoms with Gasteiger partial charge in [0.15, 0.2) is 0 Å². The van der Waals surface area contributed by atoms with E-state index >= 15 is 0 Å². The summed E-state index contributed by atoms with van der Waals surface area (Å²) in [5.74, 6) is 3.17. The number of rotatable bonds is 2. The lowest BCUT2D eigenvalue weighted by Crippen LogP contribution is -1.94. The molecule has 3 heteroatoms. The van der Waals surface area contributed by atoms with Gasteiger partial charge in [0.2, 0.25) is 0 Å². The van der Waals surface area contributed by atoms with E-state index in [1.807, 2.05) is 30.3 Å². The normalized spacial score (nSPS) is 9.00. The van der Waals surface area contributed by atoms with Crippen LogP contribution in [-0.2, 0) is 0 Å². The SMILES string of the molecule is C#CCOc1cccc2cccnc12.Cl. The van der Waals surface area contributed by atoms with Crippen molar-refractivity contribution in [2.75, 3.05) is 6.61 Å². The summed E-state index contributed by atoms with van der Waals surface area (Å²) < 4.78 is 5.37. The molecule has 0 radical (unpaired) electrons. The molecule has 2 rings (SSSR count). The van der Waals surface area contributed by atoms with Gasteiger partial charge in [0, 0.05) is 11.6 Å². The summed E-state index contributed by atoms with van der Waals surface area (Å²) in [5, 5.41) is 1.06. The molecule has 0 saturated heterocycles. The summed E-state index contributed by atoms with van der Waals surface area (Å²) in [6.07, 6.45) is 6.87. The molecule has 0 spiro atoms. The number of pyridine rings is 1. The van der Waals surface area contributed by atoms with Crippen molar-refractivity contribution >= 4 is 23.3 Å². The Bertz CT molecular complexity index is 485. The van der Waals surface area contributed by atoms with E-state index in [1.165, 1.54) is 0 Å². The molecule has 1 aromatic heterocycles. The molecule has 0 atom stereocenters. The van der Waals surface area contributed by atoms with Crippen molar-refractivity contribution in [1.29, 1.82) is 0 Å². The van der Waals surface area contributed by atoms with Gasteiger partial charge in [-0.1, -0.05) is 24.1 Å². The van der Waals surface area contributed by atoms with Gasteiger partial charge in [-0.15, -0.1) is 18.8 Å². The number of hydrogen-bond acceptors (Lipinski definition) is 2. The Balaban J connectivity index is 0.00000112. The minimum Gasteiger partial charge on any atom is -0.479 e. The summed E-state index contributed by atoms with van der Waals surface area (Å²) in [6.45, 7) is 0.273. The number of benzene rings is 1. The second-order valence-corrected chi connectivity index (χ2v) is 2.82. The Morgan fingerprint density at radius 3 is 2.87 bits per heavy atom. The molecule has 76 valence electrons. The number of hydrogen-bond donors (Lipinski definition) is 0. The Kier molecular flexibility index (Phi) is 3.96. The van der Waals surface area contributed by atoms with Gasteiger partial charge in [-0.25, -0.2) is 0 Å². The molecule has 0 bridgehead atoms. The van der Waals surface area contributed by atoms with Crippen LogP contribution in [0.25, 0.3) is 10.9 Å². The van der Waals surface area contributed by atoms with E-state index in [0.717, 1.165) is 16.7 Å². The molecule has 1 heterocycles. The van der Waals surface area contributed by atoms with Crippen LogP contribution >= 0.6 is 12.4 Å². The number of halogens is 1. The van der Waals surface area contributed by atoms with Crippen LogP contribution in [0.1, 0.15) is 0 Å². The molecule has 0 N–H and O–H groups in total. The van der Waals surface area contributed by atoms with E-state index < -0.39 is 0 Å². The molecule has 2 nitrogen and oxygen atoms in total. The summed E-state index contributed by atoms with van der Waals surface area (Å²) in [6, 6.07) is 9.67. The zero-order chi connectivity index (χ0) is 9.80. The fourth-order valence-electron chi connectivity index (χ4n) is 1.31. The van der Waals surface area contributed by atoms with E-state index in [4.69, 9.17) is 11.2 Å². The van der Waals surface area contributed by atoms with Gasteiger partial charge in [-0.2, -0.15) is 0 Å². The standard InChI is InChI=1S/C12H9NO.ClH/c1-2-9-14-11-7-3-5-10-6-4-8-13-12(10)11;/h1,3-8H,9H2;1H. The Labute approximate surface area is 94.7 Å². The molecule has 2 aromatic rings. The highest BCUT2D eigenvalue weighted by molar-refractivity contribution is 5.85. The molecule has 0 aliphatic rings. The lowest BCUT2D eigenvalue weighted by Gasteiger charge is -2.04. The second kappa shape index (κ2) is 5.23. The summed E-state index contributed by atoms with van der Waals surface area (Å²) >= 11 is 0. The maximum atomic E-state index is 5.37. The van der Waals surface area contributed by atoms with Gasteiger partial charge < -0.3 is 4.74 Å². The molecule has 0 aliphatic carbocycles. The van der Waals surface area contributed by atoms with Crippen LogP contribution in [0.3, 0.4) is 0 Å². The van der Waals surface area contributed by atoms with Crippen LogP contribution in [0, 0.1) is 12.3 Å². The maximum absolute atomic E-state index is 5.37. The number of aromatic nitrogens is 1. The highest BCUT2D eigenvalue weighted by Gasteiger charge is 2.00. The third-order valence-electron chi connectivity index (χ3n) is 1.91. The average molecular weight is 220 g/mol. The van der Waals surface area contributed by atoms with Gasteiger partial charge in [-0.05, 0) is 12.1 Å². The van der Waals surface area contributed by atoms with Gasteiger partial charge >= 0.3 is 0 Å². The summed E-state index contributed by atoms with van der Waals surface area (Å²) in [5.41, 5.74) is 0.852. The first kappa shape index (κ1) is 11.4. The zero-order valence-corrected chi connectivity index (χ0v) is 8.83. The number of fused-ring (bicyclic) bond motifs is 1. The molecular weight excluding hydrogens is 210 g/mol. The summed E-state index contributed by atoms with van der Waals surface area (Å²) in [4.78, 5) is 4.24. The fourth-order valence-corrected chi connectivity index (χ4v) is 1.31. The van der Waals surface area contributed by atoms with E-state index in [0.29, 0.717) is 0 Å². The third-order valence-corrected chi connectivity index (χ3v) is 1.91. The minimum atomic E-state index is 0. The van der Waals surface area contributed by atoms with Gasteiger partial charge in [0.05, 0.1) is 0 Å². The molecular formula is C12H10ClNO. The minimum absolute atomic E-state index is 0. The number of nitrogens with zero attached hydrogens (tertiary/aromatic N) is 1. The van der Waals surface area contributed by atoms with Gasteiger partial charge in [-0.3, -0.25) is 4.98 Å². The second-order valence-electron chi connectivity index (χ2n) is 2.82. The first-order valence-corrected chi connectivity index (χ1v) is 4.32. The zero-order valence-electron chi connectivity index (χ0n) is 8.01. The quantitative estimate of drug-likeness (QED) is 0.725. The van der Waals surface area contributed by atoms with E-state index in [1.54, 1.807) is 6.20 Å². The highest BCUT2D eigenvalue weighted by Crippen LogP contribution is 2.22. The third kappa shape index (κ3) is 2.39. The van der Waals surface area contributed by atoms with Crippen LogP contribution in [0.2, 0.25) is 0 Å². The Morgan fingerprint density at radius 2 is 2.07 bits per heavy atom. The van der Waals surface area contributed by atoms with Gasteiger partial charge in [0.1, 0.15) is 17.9 Å². The van der Waals surface area contributed by atoms with Crippen LogP contribution in [0.4, 0.5) is 0 Å². The van der Waals surface area contributed by atoms with Crippen molar-refractivity contribution in [2.24, 2.45) is 0 Å². The first-order valence-electron chi connectivity index (χ1n) is 4.32.